The van der Waals surface area contributed by atoms with E-state index >= 15 is 0 Å². The van der Waals surface area contributed by atoms with E-state index in [2.05, 4.69) is 5.32 Å². The summed E-state index contributed by atoms with van der Waals surface area (Å²) in [7, 11) is -2.32. The van der Waals surface area contributed by atoms with E-state index < -0.39 is 37.8 Å². The number of aryl methyl sites for hydroxylation is 1. The van der Waals surface area contributed by atoms with Gasteiger partial charge in [0.1, 0.15) is 21.4 Å². The van der Waals surface area contributed by atoms with Crippen LogP contribution in [0, 0.1) is 17.0 Å². The summed E-state index contributed by atoms with van der Waals surface area (Å²) in [5.41, 5.74) is -1.05. The van der Waals surface area contributed by atoms with E-state index in [9.17, 15) is 22.0 Å². The second kappa shape index (κ2) is 7.41. The summed E-state index contributed by atoms with van der Waals surface area (Å²) in [6.45, 7) is 5.28. The maximum Gasteiger partial charge on any atom is 0.273 e. The summed E-state index contributed by atoms with van der Waals surface area (Å²) in [6, 6.07) is 1.90. The van der Waals surface area contributed by atoms with Crippen molar-refractivity contribution in [3.05, 3.63) is 45.7 Å². The number of halogens is 4. The SMILES string of the molecule is Cn1cc(S(=O)(=O)CC(C)(C)C)c(Cl)c1C(=O)Nc1ccc(F)c(Cl)c1F. The zero-order valence-electron chi connectivity index (χ0n) is 15.0. The van der Waals surface area contributed by atoms with Gasteiger partial charge in [-0.2, -0.15) is 0 Å². The number of anilines is 1. The molecule has 0 atom stereocenters. The van der Waals surface area contributed by atoms with Gasteiger partial charge in [0.2, 0.25) is 0 Å². The Morgan fingerprint density at radius 2 is 1.78 bits per heavy atom. The van der Waals surface area contributed by atoms with Crippen molar-refractivity contribution in [1.29, 1.82) is 0 Å². The number of carbonyl (C=O) groups excluding carboxylic acids is 1. The average molecular weight is 439 g/mol. The van der Waals surface area contributed by atoms with Crippen LogP contribution in [-0.2, 0) is 16.9 Å². The molecule has 0 aliphatic heterocycles. The van der Waals surface area contributed by atoms with Gasteiger partial charge in [-0.3, -0.25) is 4.79 Å². The monoisotopic (exact) mass is 438 g/mol. The van der Waals surface area contributed by atoms with Crippen molar-refractivity contribution in [3.63, 3.8) is 0 Å². The molecule has 148 valence electrons. The van der Waals surface area contributed by atoms with Crippen molar-refractivity contribution in [2.24, 2.45) is 12.5 Å². The van der Waals surface area contributed by atoms with Crippen LogP contribution in [0.1, 0.15) is 31.3 Å². The van der Waals surface area contributed by atoms with E-state index in [1.165, 1.54) is 17.8 Å². The third-order valence-corrected chi connectivity index (χ3v) is 6.61. The number of nitrogens with one attached hydrogen (secondary N) is 1. The quantitative estimate of drug-likeness (QED) is 0.704. The van der Waals surface area contributed by atoms with Crippen LogP contribution >= 0.6 is 23.2 Å². The van der Waals surface area contributed by atoms with Crippen molar-refractivity contribution in [3.8, 4) is 0 Å². The lowest BCUT2D eigenvalue weighted by Gasteiger charge is -2.17. The van der Waals surface area contributed by atoms with Crippen LogP contribution in [0.25, 0.3) is 0 Å². The second-order valence-corrected chi connectivity index (χ2v) is 9.98. The number of rotatable bonds is 4. The maximum absolute atomic E-state index is 14.0. The van der Waals surface area contributed by atoms with Gasteiger partial charge in [0.05, 0.1) is 16.5 Å². The molecule has 2 rings (SSSR count). The van der Waals surface area contributed by atoms with Gasteiger partial charge in [-0.1, -0.05) is 44.0 Å². The number of hydrogen-bond acceptors (Lipinski definition) is 3. The van der Waals surface area contributed by atoms with Gasteiger partial charge < -0.3 is 9.88 Å². The molecule has 1 aromatic carbocycles. The van der Waals surface area contributed by atoms with E-state index in [1.54, 1.807) is 20.8 Å². The van der Waals surface area contributed by atoms with Gasteiger partial charge in [0.15, 0.2) is 15.7 Å². The number of sulfone groups is 1. The van der Waals surface area contributed by atoms with Crippen molar-refractivity contribution in [2.45, 2.75) is 25.7 Å². The summed E-state index contributed by atoms with van der Waals surface area (Å²) in [6.07, 6.45) is 1.23. The summed E-state index contributed by atoms with van der Waals surface area (Å²) in [5.74, 6) is -3.15. The molecule has 10 heteroatoms. The highest BCUT2D eigenvalue weighted by molar-refractivity contribution is 7.91. The van der Waals surface area contributed by atoms with Gasteiger partial charge in [0.25, 0.3) is 5.91 Å². The Morgan fingerprint density at radius 3 is 2.33 bits per heavy atom. The highest BCUT2D eigenvalue weighted by Gasteiger charge is 2.30. The Morgan fingerprint density at radius 1 is 1.19 bits per heavy atom. The largest absolute Gasteiger partial charge is 0.344 e. The van der Waals surface area contributed by atoms with E-state index in [4.69, 9.17) is 23.2 Å². The van der Waals surface area contributed by atoms with Gasteiger partial charge in [0, 0.05) is 13.2 Å². The van der Waals surface area contributed by atoms with Gasteiger partial charge in [-0.15, -0.1) is 0 Å². The van der Waals surface area contributed by atoms with Crippen molar-refractivity contribution in [2.75, 3.05) is 11.1 Å². The van der Waals surface area contributed by atoms with Crippen LogP contribution in [0.2, 0.25) is 10.0 Å². The molecule has 2 aromatic rings. The van der Waals surface area contributed by atoms with Crippen LogP contribution in [0.15, 0.2) is 23.2 Å². The van der Waals surface area contributed by atoms with Gasteiger partial charge in [-0.05, 0) is 17.5 Å². The molecule has 0 aliphatic rings. The molecular weight excluding hydrogens is 421 g/mol. The molecule has 0 fully saturated rings. The van der Waals surface area contributed by atoms with E-state index in [0.29, 0.717) is 0 Å². The number of aromatic nitrogens is 1. The molecule has 1 N–H and O–H groups in total. The molecule has 0 radical (unpaired) electrons. The molecule has 1 aromatic heterocycles. The lowest BCUT2D eigenvalue weighted by atomic mass is 10.0. The minimum atomic E-state index is -3.75. The number of nitrogens with zero attached hydrogens (tertiary/aromatic N) is 1. The van der Waals surface area contributed by atoms with Crippen LogP contribution in [0.5, 0.6) is 0 Å². The third kappa shape index (κ3) is 4.62. The predicted molar refractivity (Wildman–Crippen MR) is 101 cm³/mol. The van der Waals surface area contributed by atoms with E-state index in [1.807, 2.05) is 0 Å². The Hall–Kier alpha value is -1.64. The van der Waals surface area contributed by atoms with Crippen molar-refractivity contribution >= 4 is 44.6 Å². The summed E-state index contributed by atoms with van der Waals surface area (Å²) < 4.78 is 53.7. The van der Waals surface area contributed by atoms with Crippen LogP contribution in [0.4, 0.5) is 14.5 Å². The second-order valence-electron chi connectivity index (χ2n) is 7.26. The van der Waals surface area contributed by atoms with E-state index in [-0.39, 0.29) is 27.1 Å². The summed E-state index contributed by atoms with van der Waals surface area (Å²) in [5, 5.41) is 1.19. The highest BCUT2D eigenvalue weighted by atomic mass is 35.5. The summed E-state index contributed by atoms with van der Waals surface area (Å²) >= 11 is 11.6. The minimum Gasteiger partial charge on any atom is -0.344 e. The fourth-order valence-electron chi connectivity index (χ4n) is 2.50. The molecule has 1 heterocycles. The molecular formula is C17H18Cl2F2N2O3S. The topological polar surface area (TPSA) is 68.2 Å². The lowest BCUT2D eigenvalue weighted by Crippen LogP contribution is -2.21. The standard InChI is InChI=1S/C17H18Cl2F2N2O3S/c1-17(2,3)8-27(25,26)11-7-23(4)15(13(11)19)16(24)22-10-6-5-9(20)12(18)14(10)21/h5-7H,8H2,1-4H3,(H,22,24). The first-order valence-corrected chi connectivity index (χ1v) is 10.2. The first kappa shape index (κ1) is 21.7. The van der Waals surface area contributed by atoms with E-state index in [0.717, 1.165) is 12.1 Å². The minimum absolute atomic E-state index is 0.174. The predicted octanol–water partition coefficient (Wildman–Crippen LogP) is 4.68. The molecule has 27 heavy (non-hydrogen) atoms. The molecule has 0 saturated heterocycles. The maximum atomic E-state index is 14.0. The number of amides is 1. The molecule has 0 spiro atoms. The summed E-state index contributed by atoms with van der Waals surface area (Å²) in [4.78, 5) is 12.3. The first-order chi connectivity index (χ1) is 12.2. The molecule has 0 saturated carbocycles. The Labute approximate surface area is 166 Å². The number of carbonyl (C=O) groups is 1. The zero-order valence-corrected chi connectivity index (χ0v) is 17.4. The first-order valence-electron chi connectivity index (χ1n) is 7.77. The number of benzene rings is 1. The Bertz CT molecular complexity index is 1010. The van der Waals surface area contributed by atoms with Gasteiger partial charge in [-0.25, -0.2) is 17.2 Å². The molecule has 0 aliphatic carbocycles. The lowest BCUT2D eigenvalue weighted by molar-refractivity contribution is 0.101. The fraction of sp³-hybridized carbons (Fsp3) is 0.353. The third-order valence-electron chi connectivity index (χ3n) is 3.54. The Balaban J connectivity index is 2.42. The number of hydrogen-bond donors (Lipinski definition) is 1. The molecule has 1 amide bonds. The Kier molecular flexibility index (Phi) is 5.94. The fourth-order valence-corrected chi connectivity index (χ4v) is 5.27. The normalized spacial score (nSPS) is 12.3. The van der Waals surface area contributed by atoms with Crippen molar-refractivity contribution < 1.29 is 22.0 Å². The van der Waals surface area contributed by atoms with Gasteiger partial charge >= 0.3 is 0 Å². The molecule has 5 nitrogen and oxygen atoms in total. The van der Waals surface area contributed by atoms with Crippen molar-refractivity contribution in [1.82, 2.24) is 4.57 Å². The molecule has 0 bridgehead atoms. The van der Waals surface area contributed by atoms with Crippen LogP contribution in [0.3, 0.4) is 0 Å². The average Bonchev–Trinajstić information content (AvgIpc) is 2.81. The highest BCUT2D eigenvalue weighted by Crippen LogP contribution is 2.32. The zero-order chi connectivity index (χ0) is 20.7. The van der Waals surface area contributed by atoms with Crippen LogP contribution in [-0.4, -0.2) is 24.6 Å². The smallest absolute Gasteiger partial charge is 0.273 e. The molecule has 0 unspecified atom stereocenters. The van der Waals surface area contributed by atoms with Crippen LogP contribution < -0.4 is 5.32 Å².